The molecule has 0 aliphatic rings. The smallest absolute Gasteiger partial charge is 0.239 e. The summed E-state index contributed by atoms with van der Waals surface area (Å²) in [6, 6.07) is 8.58. The molecule has 0 bridgehead atoms. The maximum absolute atomic E-state index is 12.0. The summed E-state index contributed by atoms with van der Waals surface area (Å²) < 4.78 is 0. The van der Waals surface area contributed by atoms with Gasteiger partial charge in [0.05, 0.1) is 13.1 Å². The molecule has 0 spiro atoms. The number of hydrogen-bond donors (Lipinski definition) is 3. The molecule has 0 unspecified atom stereocenters. The minimum absolute atomic E-state index is 0. The molecule has 1 aromatic carbocycles. The highest BCUT2D eigenvalue weighted by Crippen LogP contribution is 2.08. The van der Waals surface area contributed by atoms with E-state index in [1.54, 1.807) is 0 Å². The second-order valence-electron chi connectivity index (χ2n) is 7.62. The van der Waals surface area contributed by atoms with Gasteiger partial charge in [-0.3, -0.25) is 9.69 Å². The van der Waals surface area contributed by atoms with E-state index in [0.717, 1.165) is 31.7 Å². The molecule has 0 aliphatic heterocycles. The van der Waals surface area contributed by atoms with E-state index in [1.165, 1.54) is 5.56 Å². The van der Waals surface area contributed by atoms with Gasteiger partial charge in [-0.25, -0.2) is 4.99 Å². The Labute approximate surface area is 188 Å². The highest BCUT2D eigenvalue weighted by atomic mass is 127. The van der Waals surface area contributed by atoms with E-state index in [9.17, 15) is 4.79 Å². The number of carbonyl (C=O) groups is 1. The van der Waals surface area contributed by atoms with Crippen LogP contribution >= 0.6 is 24.0 Å². The molecule has 0 aromatic heterocycles. The Balaban J connectivity index is 0.00000729. The third kappa shape index (κ3) is 11.5. The molecule has 1 amide bonds. The highest BCUT2D eigenvalue weighted by Gasteiger charge is 2.13. The predicted molar refractivity (Wildman–Crippen MR) is 129 cm³/mol. The lowest BCUT2D eigenvalue weighted by Gasteiger charge is -2.21. The molecule has 0 saturated carbocycles. The van der Waals surface area contributed by atoms with Crippen molar-refractivity contribution < 1.29 is 4.79 Å². The molecule has 0 fully saturated rings. The summed E-state index contributed by atoms with van der Waals surface area (Å²) in [5.41, 5.74) is 2.23. The van der Waals surface area contributed by atoms with E-state index < -0.39 is 0 Å². The molecule has 0 saturated heterocycles. The lowest BCUT2D eigenvalue weighted by atomic mass is 10.1. The number of aliphatic imine (C=N–C) groups is 1. The first-order valence-corrected chi connectivity index (χ1v) is 9.90. The summed E-state index contributed by atoms with van der Waals surface area (Å²) in [5.74, 6) is 0.600. The quantitative estimate of drug-likeness (QED) is 0.275. The number of hydrogen-bond acceptors (Lipinski definition) is 3. The molecular formula is C21H38IN5O. The van der Waals surface area contributed by atoms with Gasteiger partial charge in [0.1, 0.15) is 0 Å². The van der Waals surface area contributed by atoms with Crippen LogP contribution in [0.2, 0.25) is 0 Å². The van der Waals surface area contributed by atoms with Gasteiger partial charge in [-0.1, -0.05) is 38.1 Å². The summed E-state index contributed by atoms with van der Waals surface area (Å²) in [7, 11) is 0. The number of benzene rings is 1. The summed E-state index contributed by atoms with van der Waals surface area (Å²) >= 11 is 0. The second-order valence-corrected chi connectivity index (χ2v) is 7.62. The Bertz CT molecular complexity index is 592. The van der Waals surface area contributed by atoms with Crippen LogP contribution in [-0.4, -0.2) is 48.5 Å². The normalized spacial score (nSPS) is 11.8. The molecule has 0 heterocycles. The van der Waals surface area contributed by atoms with E-state index in [1.807, 2.05) is 27.7 Å². The number of carbonyl (C=O) groups excluding carboxylic acids is 1. The zero-order valence-electron chi connectivity index (χ0n) is 18.3. The number of nitrogens with one attached hydrogen (secondary N) is 3. The fourth-order valence-corrected chi connectivity index (χ4v) is 2.59. The van der Waals surface area contributed by atoms with Crippen LogP contribution in [0.4, 0.5) is 0 Å². The van der Waals surface area contributed by atoms with Gasteiger partial charge in [0.15, 0.2) is 5.96 Å². The average Bonchev–Trinajstić information content (AvgIpc) is 2.61. The molecule has 160 valence electrons. The maximum Gasteiger partial charge on any atom is 0.239 e. The average molecular weight is 503 g/mol. The monoisotopic (exact) mass is 503 g/mol. The van der Waals surface area contributed by atoms with Crippen LogP contribution in [0.5, 0.6) is 0 Å². The fraction of sp³-hybridized carbons (Fsp3) is 0.619. The molecule has 0 atom stereocenters. The van der Waals surface area contributed by atoms with Crippen molar-refractivity contribution in [3.63, 3.8) is 0 Å². The van der Waals surface area contributed by atoms with E-state index in [-0.39, 0.29) is 42.0 Å². The number of nitrogens with zero attached hydrogens (tertiary/aromatic N) is 2. The van der Waals surface area contributed by atoms with Crippen molar-refractivity contribution in [2.24, 2.45) is 4.99 Å². The molecule has 6 nitrogen and oxygen atoms in total. The SMILES string of the molecule is CCNC(=NCc1ccc(CN(CC)CC)cc1)NCC(=O)NC(C)(C)C.I. The van der Waals surface area contributed by atoms with Gasteiger partial charge in [-0.05, 0) is 51.9 Å². The minimum atomic E-state index is -0.235. The fourth-order valence-electron chi connectivity index (χ4n) is 2.59. The van der Waals surface area contributed by atoms with Crippen LogP contribution in [-0.2, 0) is 17.9 Å². The Morgan fingerprint density at radius 3 is 2.07 bits per heavy atom. The second kappa shape index (κ2) is 13.8. The number of halogens is 1. The molecule has 7 heteroatoms. The van der Waals surface area contributed by atoms with Gasteiger partial charge in [0.25, 0.3) is 0 Å². The third-order valence-electron chi connectivity index (χ3n) is 4.02. The molecular weight excluding hydrogens is 465 g/mol. The number of amides is 1. The zero-order chi connectivity index (χ0) is 20.3. The Morgan fingerprint density at radius 1 is 1.00 bits per heavy atom. The van der Waals surface area contributed by atoms with Gasteiger partial charge < -0.3 is 16.0 Å². The lowest BCUT2D eigenvalue weighted by molar-refractivity contribution is -0.121. The maximum atomic E-state index is 12.0. The molecule has 1 aromatic rings. The van der Waals surface area contributed by atoms with Gasteiger partial charge in [0.2, 0.25) is 5.91 Å². The summed E-state index contributed by atoms with van der Waals surface area (Å²) in [4.78, 5) is 18.9. The first-order valence-electron chi connectivity index (χ1n) is 9.90. The van der Waals surface area contributed by atoms with E-state index in [2.05, 4.69) is 64.0 Å². The van der Waals surface area contributed by atoms with Gasteiger partial charge >= 0.3 is 0 Å². The lowest BCUT2D eigenvalue weighted by Crippen LogP contribution is -2.48. The first-order chi connectivity index (χ1) is 12.8. The topological polar surface area (TPSA) is 68.8 Å². The van der Waals surface area contributed by atoms with Crippen LogP contribution in [0.25, 0.3) is 0 Å². The van der Waals surface area contributed by atoms with E-state index in [0.29, 0.717) is 12.5 Å². The molecule has 1 rings (SSSR count). The van der Waals surface area contributed by atoms with Crippen molar-refractivity contribution in [2.75, 3.05) is 26.2 Å². The Kier molecular flexibility index (Phi) is 13.1. The molecule has 0 radical (unpaired) electrons. The van der Waals surface area contributed by atoms with Gasteiger partial charge in [-0.15, -0.1) is 24.0 Å². The molecule has 3 N–H and O–H groups in total. The van der Waals surface area contributed by atoms with Crippen LogP contribution in [0.15, 0.2) is 29.3 Å². The molecule has 28 heavy (non-hydrogen) atoms. The molecule has 0 aliphatic carbocycles. The largest absolute Gasteiger partial charge is 0.357 e. The van der Waals surface area contributed by atoms with Crippen molar-refractivity contribution >= 4 is 35.8 Å². The van der Waals surface area contributed by atoms with E-state index >= 15 is 0 Å². The Hall–Kier alpha value is -1.35. The van der Waals surface area contributed by atoms with Crippen molar-refractivity contribution in [1.82, 2.24) is 20.9 Å². The van der Waals surface area contributed by atoms with Gasteiger partial charge in [-0.2, -0.15) is 0 Å². The van der Waals surface area contributed by atoms with Crippen LogP contribution < -0.4 is 16.0 Å². The van der Waals surface area contributed by atoms with Crippen molar-refractivity contribution in [3.8, 4) is 0 Å². The standard InChI is InChI=1S/C21H37N5O.HI/c1-7-22-20(24-15-19(27)25-21(4,5)6)23-14-17-10-12-18(13-11-17)16-26(8-2)9-3;/h10-13H,7-9,14-16H2,1-6H3,(H,25,27)(H2,22,23,24);1H. The summed E-state index contributed by atoms with van der Waals surface area (Å²) in [5, 5.41) is 9.20. The minimum Gasteiger partial charge on any atom is -0.357 e. The number of rotatable bonds is 9. The Morgan fingerprint density at radius 2 is 1.57 bits per heavy atom. The first kappa shape index (κ1) is 26.6. The number of guanidine groups is 1. The summed E-state index contributed by atoms with van der Waals surface area (Å²) in [6.45, 7) is 16.9. The van der Waals surface area contributed by atoms with Crippen LogP contribution in [0, 0.1) is 0 Å². The van der Waals surface area contributed by atoms with Crippen LogP contribution in [0.1, 0.15) is 52.7 Å². The van der Waals surface area contributed by atoms with Crippen molar-refractivity contribution in [1.29, 1.82) is 0 Å². The van der Waals surface area contributed by atoms with Crippen LogP contribution in [0.3, 0.4) is 0 Å². The predicted octanol–water partition coefficient (Wildman–Crippen LogP) is 3.12. The van der Waals surface area contributed by atoms with Gasteiger partial charge in [0, 0.05) is 18.6 Å². The third-order valence-corrected chi connectivity index (χ3v) is 4.02. The zero-order valence-corrected chi connectivity index (χ0v) is 20.6. The van der Waals surface area contributed by atoms with Crippen molar-refractivity contribution in [3.05, 3.63) is 35.4 Å². The van der Waals surface area contributed by atoms with E-state index in [4.69, 9.17) is 0 Å². The highest BCUT2D eigenvalue weighted by molar-refractivity contribution is 14.0. The van der Waals surface area contributed by atoms with Crippen molar-refractivity contribution in [2.45, 2.75) is 60.2 Å². The summed E-state index contributed by atoms with van der Waals surface area (Å²) in [6.07, 6.45) is 0.